The monoisotopic (exact) mass is 335 g/mol. The predicted molar refractivity (Wildman–Crippen MR) is 92.3 cm³/mol. The second-order valence-electron chi connectivity index (χ2n) is 6.17. The maximum absolute atomic E-state index is 10.8. The second-order valence-corrected chi connectivity index (χ2v) is 8.60. The van der Waals surface area contributed by atoms with Crippen LogP contribution in [0.3, 0.4) is 0 Å². The fourth-order valence-corrected chi connectivity index (χ4v) is 5.45. The molecule has 22 heavy (non-hydrogen) atoms. The lowest BCUT2D eigenvalue weighted by molar-refractivity contribution is 0.0696. The molecule has 2 aliphatic rings. The zero-order valence-electron chi connectivity index (χ0n) is 12.5. The highest BCUT2D eigenvalue weighted by molar-refractivity contribution is 8.76. The van der Waals surface area contributed by atoms with Crippen molar-refractivity contribution in [3.8, 4) is 0 Å². The molecule has 2 unspecified atom stereocenters. The van der Waals surface area contributed by atoms with Crippen LogP contribution < -0.4 is 0 Å². The van der Waals surface area contributed by atoms with Gasteiger partial charge in [0, 0.05) is 11.9 Å². The van der Waals surface area contributed by atoms with Crippen LogP contribution in [0, 0.1) is 11.8 Å². The molecule has 1 heterocycles. The zero-order valence-corrected chi connectivity index (χ0v) is 14.2. The molecule has 1 fully saturated rings. The normalized spacial score (nSPS) is 23.9. The first-order valence-corrected chi connectivity index (χ1v) is 10.2. The molecular weight excluding hydrogens is 314 g/mol. The Hall–Kier alpha value is -0.940. The number of allylic oxidation sites excluding steroid dienone is 2. The quantitative estimate of drug-likeness (QED) is 0.448. The SMILES string of the molecule is O=C(O)c1ccc(SSCCC2C=C3CCCC(C3)C2)nc1. The van der Waals surface area contributed by atoms with Crippen molar-refractivity contribution in [1.29, 1.82) is 0 Å². The summed E-state index contributed by atoms with van der Waals surface area (Å²) in [5, 5.41) is 9.73. The van der Waals surface area contributed by atoms with Crippen molar-refractivity contribution in [2.75, 3.05) is 5.75 Å². The van der Waals surface area contributed by atoms with Gasteiger partial charge in [0.25, 0.3) is 0 Å². The number of pyridine rings is 1. The molecule has 1 saturated carbocycles. The number of aromatic nitrogens is 1. The summed E-state index contributed by atoms with van der Waals surface area (Å²) in [5.41, 5.74) is 1.95. The van der Waals surface area contributed by atoms with Crippen molar-refractivity contribution < 1.29 is 9.90 Å². The molecule has 1 aromatic heterocycles. The minimum atomic E-state index is -0.924. The Morgan fingerprint density at radius 2 is 2.32 bits per heavy atom. The van der Waals surface area contributed by atoms with Gasteiger partial charge in [0.2, 0.25) is 0 Å². The topological polar surface area (TPSA) is 50.2 Å². The molecule has 1 aromatic rings. The Balaban J connectivity index is 1.41. The number of aromatic carboxylic acids is 1. The minimum Gasteiger partial charge on any atom is -0.478 e. The molecule has 0 radical (unpaired) electrons. The Morgan fingerprint density at radius 1 is 1.41 bits per heavy atom. The van der Waals surface area contributed by atoms with E-state index in [1.807, 2.05) is 10.8 Å². The van der Waals surface area contributed by atoms with E-state index in [9.17, 15) is 4.79 Å². The molecule has 3 nitrogen and oxygen atoms in total. The Bertz CT molecular complexity index is 556. The van der Waals surface area contributed by atoms with Crippen LogP contribution in [0.2, 0.25) is 0 Å². The van der Waals surface area contributed by atoms with Gasteiger partial charge in [-0.25, -0.2) is 9.78 Å². The van der Waals surface area contributed by atoms with Gasteiger partial charge in [-0.05, 0) is 73.3 Å². The highest BCUT2D eigenvalue weighted by atomic mass is 33.1. The van der Waals surface area contributed by atoms with E-state index in [1.54, 1.807) is 28.5 Å². The van der Waals surface area contributed by atoms with Crippen molar-refractivity contribution in [1.82, 2.24) is 4.98 Å². The fraction of sp³-hybridized carbons (Fsp3) is 0.529. The summed E-state index contributed by atoms with van der Waals surface area (Å²) in [6, 6.07) is 3.40. The van der Waals surface area contributed by atoms with Crippen LogP contribution >= 0.6 is 21.6 Å². The highest BCUT2D eigenvalue weighted by Crippen LogP contribution is 2.40. The maximum atomic E-state index is 10.8. The molecule has 5 heteroatoms. The van der Waals surface area contributed by atoms with Gasteiger partial charge in [-0.3, -0.25) is 0 Å². The molecule has 0 saturated heterocycles. The van der Waals surface area contributed by atoms with E-state index >= 15 is 0 Å². The molecule has 0 aliphatic heterocycles. The molecule has 2 atom stereocenters. The van der Waals surface area contributed by atoms with Gasteiger partial charge >= 0.3 is 5.97 Å². The number of carbonyl (C=O) groups is 1. The van der Waals surface area contributed by atoms with Crippen molar-refractivity contribution in [2.45, 2.75) is 43.6 Å². The van der Waals surface area contributed by atoms with Crippen LogP contribution in [-0.2, 0) is 0 Å². The summed E-state index contributed by atoms with van der Waals surface area (Å²) in [6.07, 6.45) is 12.1. The minimum absolute atomic E-state index is 0.245. The van der Waals surface area contributed by atoms with E-state index in [1.165, 1.54) is 44.7 Å². The molecule has 0 aromatic carbocycles. The van der Waals surface area contributed by atoms with Crippen LogP contribution in [0.4, 0.5) is 0 Å². The summed E-state index contributed by atoms with van der Waals surface area (Å²) in [6.45, 7) is 0. The van der Waals surface area contributed by atoms with Gasteiger partial charge in [-0.2, -0.15) is 0 Å². The first-order valence-electron chi connectivity index (χ1n) is 7.89. The van der Waals surface area contributed by atoms with Crippen molar-refractivity contribution >= 4 is 27.6 Å². The first-order chi connectivity index (χ1) is 10.7. The molecule has 1 N–H and O–H groups in total. The number of nitrogens with zero attached hydrogens (tertiary/aromatic N) is 1. The third-order valence-corrected chi connectivity index (χ3v) is 6.77. The van der Waals surface area contributed by atoms with Crippen LogP contribution in [0.1, 0.15) is 48.9 Å². The van der Waals surface area contributed by atoms with E-state index < -0.39 is 5.97 Å². The number of hydrogen-bond acceptors (Lipinski definition) is 4. The first kappa shape index (κ1) is 15.9. The second kappa shape index (κ2) is 7.55. The summed E-state index contributed by atoms with van der Waals surface area (Å²) in [4.78, 5) is 15.0. The van der Waals surface area contributed by atoms with Crippen LogP contribution in [-0.4, -0.2) is 21.8 Å². The van der Waals surface area contributed by atoms with Crippen molar-refractivity contribution in [3.63, 3.8) is 0 Å². The van der Waals surface area contributed by atoms with Gasteiger partial charge in [0.1, 0.15) is 5.03 Å². The number of rotatable bonds is 6. The molecule has 2 bridgehead atoms. The van der Waals surface area contributed by atoms with Gasteiger partial charge in [-0.1, -0.05) is 22.4 Å². The smallest absolute Gasteiger partial charge is 0.337 e. The van der Waals surface area contributed by atoms with Crippen molar-refractivity contribution in [2.24, 2.45) is 11.8 Å². The number of hydrogen-bond donors (Lipinski definition) is 1. The number of fused-ring (bicyclic) bond motifs is 2. The Labute approximate surface area is 139 Å². The number of carboxylic acids is 1. The maximum Gasteiger partial charge on any atom is 0.337 e. The lowest BCUT2D eigenvalue weighted by Crippen LogP contribution is -2.18. The molecule has 0 spiro atoms. The molecule has 118 valence electrons. The van der Waals surface area contributed by atoms with Crippen LogP contribution in [0.5, 0.6) is 0 Å². The summed E-state index contributed by atoms with van der Waals surface area (Å²) >= 11 is 0. The van der Waals surface area contributed by atoms with Crippen LogP contribution in [0.15, 0.2) is 35.0 Å². The third-order valence-electron chi connectivity index (χ3n) is 4.47. The molecule has 2 aliphatic carbocycles. The van der Waals surface area contributed by atoms with Crippen molar-refractivity contribution in [3.05, 3.63) is 35.5 Å². The largest absolute Gasteiger partial charge is 0.478 e. The predicted octanol–water partition coefficient (Wildman–Crippen LogP) is 5.05. The van der Waals surface area contributed by atoms with Gasteiger partial charge in [-0.15, -0.1) is 0 Å². The highest BCUT2D eigenvalue weighted by Gasteiger charge is 2.25. The third kappa shape index (κ3) is 4.29. The number of carboxylic acid groups (broad SMARTS) is 1. The molecular formula is C17H21NO2S2. The summed E-state index contributed by atoms with van der Waals surface area (Å²) < 4.78 is 0. The van der Waals surface area contributed by atoms with E-state index in [4.69, 9.17) is 5.11 Å². The van der Waals surface area contributed by atoms with Crippen LogP contribution in [0.25, 0.3) is 0 Å². The zero-order chi connectivity index (χ0) is 15.4. The van der Waals surface area contributed by atoms with Gasteiger partial charge in [0.05, 0.1) is 5.56 Å². The summed E-state index contributed by atoms with van der Waals surface area (Å²) in [5.74, 6) is 1.91. The lowest BCUT2D eigenvalue weighted by atomic mass is 9.74. The molecule has 3 rings (SSSR count). The van der Waals surface area contributed by atoms with E-state index in [0.29, 0.717) is 0 Å². The standard InChI is InChI=1S/C17H21NO2S2/c19-17(20)15-4-5-16(18-11-15)22-21-7-6-14-9-12-2-1-3-13(8-12)10-14/h4-5,9,11,13-14H,1-3,6-8,10H2,(H,19,20). The lowest BCUT2D eigenvalue weighted by Gasteiger charge is -2.32. The van der Waals surface area contributed by atoms with Gasteiger partial charge in [0.15, 0.2) is 0 Å². The Kier molecular flexibility index (Phi) is 5.47. The van der Waals surface area contributed by atoms with E-state index in [2.05, 4.69) is 11.1 Å². The van der Waals surface area contributed by atoms with Gasteiger partial charge < -0.3 is 5.11 Å². The van der Waals surface area contributed by atoms with E-state index in [0.717, 1.165) is 22.6 Å². The molecule has 0 amide bonds. The fourth-order valence-electron chi connectivity index (χ4n) is 3.43. The summed E-state index contributed by atoms with van der Waals surface area (Å²) in [7, 11) is 3.46. The Morgan fingerprint density at radius 3 is 3.05 bits per heavy atom. The van der Waals surface area contributed by atoms with E-state index in [-0.39, 0.29) is 5.56 Å². The average Bonchev–Trinajstić information content (AvgIpc) is 2.52. The average molecular weight is 335 g/mol.